The molecule has 21 heavy (non-hydrogen) atoms. The van der Waals surface area contributed by atoms with Crippen LogP contribution in [-0.4, -0.2) is 11.5 Å². The topological polar surface area (TPSA) is 0 Å². The van der Waals surface area contributed by atoms with Crippen LogP contribution in [0.3, 0.4) is 0 Å². The molecular weight excluding hydrogens is 279 g/mol. The highest BCUT2D eigenvalue weighted by atomic mass is 32.2. The van der Waals surface area contributed by atoms with Gasteiger partial charge in [0.25, 0.3) is 0 Å². The number of thioether (sulfide) groups is 1. The SMILES string of the molecule is CCCC(CC=C(C)c1ccc(F)cc1)C1CCCSC1. The summed E-state index contributed by atoms with van der Waals surface area (Å²) in [5, 5.41) is 0. The molecule has 0 spiro atoms. The number of hydrogen-bond donors (Lipinski definition) is 0. The van der Waals surface area contributed by atoms with Gasteiger partial charge in [0.1, 0.15) is 5.82 Å². The van der Waals surface area contributed by atoms with Crippen molar-refractivity contribution in [2.75, 3.05) is 11.5 Å². The maximum Gasteiger partial charge on any atom is 0.123 e. The predicted molar refractivity (Wildman–Crippen MR) is 93.1 cm³/mol. The Morgan fingerprint density at radius 3 is 2.76 bits per heavy atom. The standard InChI is InChI=1S/C19H27FS/c1-3-5-17(18-6-4-13-21-14-18)8-7-15(2)16-9-11-19(20)12-10-16/h7,9-12,17-18H,3-6,8,13-14H2,1-2H3. The van der Waals surface area contributed by atoms with Crippen LogP contribution in [0, 0.1) is 17.7 Å². The molecule has 1 aliphatic rings. The molecule has 2 atom stereocenters. The van der Waals surface area contributed by atoms with Crippen molar-refractivity contribution in [1.82, 2.24) is 0 Å². The van der Waals surface area contributed by atoms with Crippen LogP contribution in [0.4, 0.5) is 4.39 Å². The second kappa shape index (κ2) is 8.63. The molecule has 1 aromatic rings. The molecule has 0 N–H and O–H groups in total. The Labute approximate surface area is 133 Å². The van der Waals surface area contributed by atoms with Gasteiger partial charge in [0.2, 0.25) is 0 Å². The molecule has 0 aliphatic carbocycles. The van der Waals surface area contributed by atoms with E-state index in [9.17, 15) is 4.39 Å². The summed E-state index contributed by atoms with van der Waals surface area (Å²) in [5.74, 6) is 4.24. The van der Waals surface area contributed by atoms with Crippen LogP contribution in [0.25, 0.3) is 5.57 Å². The molecule has 1 aliphatic heterocycles. The van der Waals surface area contributed by atoms with Crippen LogP contribution in [0.15, 0.2) is 30.3 Å². The summed E-state index contributed by atoms with van der Waals surface area (Å²) >= 11 is 2.13. The van der Waals surface area contributed by atoms with E-state index in [0.717, 1.165) is 17.4 Å². The van der Waals surface area contributed by atoms with Crippen molar-refractivity contribution < 1.29 is 4.39 Å². The molecule has 0 nitrogen and oxygen atoms in total. The summed E-state index contributed by atoms with van der Waals surface area (Å²) in [6, 6.07) is 6.86. The van der Waals surface area contributed by atoms with Crippen LogP contribution in [0.1, 0.15) is 51.5 Å². The summed E-state index contributed by atoms with van der Waals surface area (Å²) in [6.45, 7) is 4.44. The lowest BCUT2D eigenvalue weighted by Crippen LogP contribution is -2.20. The van der Waals surface area contributed by atoms with Gasteiger partial charge in [-0.2, -0.15) is 11.8 Å². The average molecular weight is 306 g/mol. The molecule has 1 saturated heterocycles. The summed E-state index contributed by atoms with van der Waals surface area (Å²) in [4.78, 5) is 0. The monoisotopic (exact) mass is 306 g/mol. The zero-order valence-electron chi connectivity index (χ0n) is 13.3. The summed E-state index contributed by atoms with van der Waals surface area (Å²) in [7, 11) is 0. The lowest BCUT2D eigenvalue weighted by Gasteiger charge is -2.29. The minimum atomic E-state index is -0.158. The highest BCUT2D eigenvalue weighted by molar-refractivity contribution is 7.99. The Hall–Kier alpha value is -0.760. The zero-order valence-corrected chi connectivity index (χ0v) is 14.1. The lowest BCUT2D eigenvalue weighted by atomic mass is 9.83. The Bertz CT molecular complexity index is 443. The van der Waals surface area contributed by atoms with Gasteiger partial charge in [-0.15, -0.1) is 0 Å². The highest BCUT2D eigenvalue weighted by Gasteiger charge is 2.22. The van der Waals surface area contributed by atoms with E-state index >= 15 is 0 Å². The zero-order chi connectivity index (χ0) is 15.1. The van der Waals surface area contributed by atoms with Crippen molar-refractivity contribution in [3.05, 3.63) is 41.7 Å². The molecule has 1 heterocycles. The number of benzene rings is 1. The van der Waals surface area contributed by atoms with E-state index in [1.807, 2.05) is 12.1 Å². The molecule has 1 fully saturated rings. The van der Waals surface area contributed by atoms with Crippen molar-refractivity contribution in [3.63, 3.8) is 0 Å². The number of allylic oxidation sites excluding steroid dienone is 2. The fraction of sp³-hybridized carbons (Fsp3) is 0.579. The van der Waals surface area contributed by atoms with E-state index in [2.05, 4.69) is 31.7 Å². The van der Waals surface area contributed by atoms with E-state index in [1.165, 1.54) is 49.2 Å². The quantitative estimate of drug-likeness (QED) is 0.605. The van der Waals surface area contributed by atoms with Crippen LogP contribution < -0.4 is 0 Å². The molecular formula is C19H27FS. The van der Waals surface area contributed by atoms with Crippen LogP contribution in [0.2, 0.25) is 0 Å². The molecule has 0 saturated carbocycles. The summed E-state index contributed by atoms with van der Waals surface area (Å²) < 4.78 is 13.0. The van der Waals surface area contributed by atoms with E-state index in [4.69, 9.17) is 0 Å². The first kappa shape index (κ1) is 16.6. The molecule has 2 heteroatoms. The largest absolute Gasteiger partial charge is 0.207 e. The van der Waals surface area contributed by atoms with Gasteiger partial charge < -0.3 is 0 Å². The van der Waals surface area contributed by atoms with Gasteiger partial charge in [-0.05, 0) is 72.8 Å². The van der Waals surface area contributed by atoms with Crippen LogP contribution in [0.5, 0.6) is 0 Å². The van der Waals surface area contributed by atoms with Gasteiger partial charge in [-0.25, -0.2) is 4.39 Å². The number of hydrogen-bond acceptors (Lipinski definition) is 1. The molecule has 116 valence electrons. The van der Waals surface area contributed by atoms with Gasteiger partial charge in [-0.1, -0.05) is 38.0 Å². The Morgan fingerprint density at radius 1 is 1.38 bits per heavy atom. The second-order valence-corrected chi connectivity index (χ2v) is 7.31. The third-order valence-electron chi connectivity index (χ3n) is 4.55. The molecule has 2 rings (SSSR count). The Balaban J connectivity index is 1.98. The first-order valence-corrected chi connectivity index (χ1v) is 9.36. The van der Waals surface area contributed by atoms with Crippen molar-refractivity contribution in [3.8, 4) is 0 Å². The van der Waals surface area contributed by atoms with E-state index in [0.29, 0.717) is 0 Å². The third kappa shape index (κ3) is 5.18. The normalized spacial score (nSPS) is 21.3. The second-order valence-electron chi connectivity index (χ2n) is 6.16. The molecule has 0 bridgehead atoms. The fourth-order valence-electron chi connectivity index (χ4n) is 3.21. The van der Waals surface area contributed by atoms with Crippen molar-refractivity contribution in [2.45, 2.75) is 46.0 Å². The average Bonchev–Trinajstić information content (AvgIpc) is 2.52. The molecule has 2 unspecified atom stereocenters. The van der Waals surface area contributed by atoms with E-state index in [1.54, 1.807) is 12.1 Å². The molecule has 0 amide bonds. The van der Waals surface area contributed by atoms with Crippen molar-refractivity contribution in [1.29, 1.82) is 0 Å². The van der Waals surface area contributed by atoms with Gasteiger partial charge in [0.05, 0.1) is 0 Å². The van der Waals surface area contributed by atoms with E-state index in [-0.39, 0.29) is 5.82 Å². The van der Waals surface area contributed by atoms with Gasteiger partial charge in [-0.3, -0.25) is 0 Å². The molecule has 0 radical (unpaired) electrons. The minimum absolute atomic E-state index is 0.158. The maximum absolute atomic E-state index is 13.0. The van der Waals surface area contributed by atoms with Crippen molar-refractivity contribution in [2.24, 2.45) is 11.8 Å². The summed E-state index contributed by atoms with van der Waals surface area (Å²) in [5.41, 5.74) is 2.42. The van der Waals surface area contributed by atoms with Crippen LogP contribution in [-0.2, 0) is 0 Å². The minimum Gasteiger partial charge on any atom is -0.207 e. The van der Waals surface area contributed by atoms with Crippen molar-refractivity contribution >= 4 is 17.3 Å². The maximum atomic E-state index is 13.0. The number of halogens is 1. The summed E-state index contributed by atoms with van der Waals surface area (Å²) in [6.07, 6.45) is 8.93. The Morgan fingerprint density at radius 2 is 2.14 bits per heavy atom. The first-order valence-electron chi connectivity index (χ1n) is 8.21. The van der Waals surface area contributed by atoms with Gasteiger partial charge in [0.15, 0.2) is 0 Å². The van der Waals surface area contributed by atoms with Gasteiger partial charge in [0, 0.05) is 0 Å². The smallest absolute Gasteiger partial charge is 0.123 e. The fourth-order valence-corrected chi connectivity index (χ4v) is 4.49. The van der Waals surface area contributed by atoms with Crippen LogP contribution >= 0.6 is 11.8 Å². The van der Waals surface area contributed by atoms with E-state index < -0.39 is 0 Å². The number of rotatable bonds is 6. The predicted octanol–water partition coefficient (Wildman–Crippen LogP) is 6.18. The third-order valence-corrected chi connectivity index (χ3v) is 5.79. The Kier molecular flexibility index (Phi) is 6.82. The van der Waals surface area contributed by atoms with Gasteiger partial charge >= 0.3 is 0 Å². The first-order chi connectivity index (χ1) is 10.2. The molecule has 0 aromatic heterocycles. The highest BCUT2D eigenvalue weighted by Crippen LogP contribution is 2.34. The lowest BCUT2D eigenvalue weighted by molar-refractivity contribution is 0.317. The molecule has 1 aromatic carbocycles.